The molecule has 0 spiro atoms. The molecule has 0 saturated heterocycles. The Labute approximate surface area is 362 Å². The molecule has 0 amide bonds. The summed E-state index contributed by atoms with van der Waals surface area (Å²) in [6, 6.07) is 91.8. The van der Waals surface area contributed by atoms with Crippen molar-refractivity contribution in [1.82, 2.24) is 0 Å². The fourth-order valence-corrected chi connectivity index (χ4v) is 10.5. The van der Waals surface area contributed by atoms with Crippen molar-refractivity contribution in [1.29, 1.82) is 0 Å². The van der Waals surface area contributed by atoms with Crippen LogP contribution in [0.15, 0.2) is 249 Å². The van der Waals surface area contributed by atoms with Crippen LogP contribution in [0.25, 0.3) is 65.7 Å². The number of hydrogen-bond acceptors (Lipinski definition) is 1. The Hall–Kier alpha value is -8.00. The van der Waals surface area contributed by atoms with Crippen LogP contribution in [0.3, 0.4) is 0 Å². The summed E-state index contributed by atoms with van der Waals surface area (Å²) in [4.78, 5) is 2.49. The Bertz CT molecular complexity index is 3430. The van der Waals surface area contributed by atoms with Gasteiger partial charge >= 0.3 is 0 Å². The average Bonchev–Trinajstić information content (AvgIpc) is 3.65. The van der Waals surface area contributed by atoms with E-state index in [0.717, 1.165) is 17.1 Å². The van der Waals surface area contributed by atoms with Gasteiger partial charge in [0.1, 0.15) is 0 Å². The van der Waals surface area contributed by atoms with Crippen LogP contribution < -0.4 is 4.90 Å². The van der Waals surface area contributed by atoms with Gasteiger partial charge in [-0.15, -0.1) is 0 Å². The van der Waals surface area contributed by atoms with E-state index in [4.69, 9.17) is 0 Å². The van der Waals surface area contributed by atoms with Gasteiger partial charge in [0.05, 0.1) is 11.1 Å². The Morgan fingerprint density at radius 3 is 1.61 bits per heavy atom. The summed E-state index contributed by atoms with van der Waals surface area (Å²) < 4.78 is 0. The van der Waals surface area contributed by atoms with Crippen molar-refractivity contribution in [2.45, 2.75) is 5.41 Å². The molecule has 62 heavy (non-hydrogen) atoms. The van der Waals surface area contributed by atoms with E-state index in [1.54, 1.807) is 0 Å². The summed E-state index contributed by atoms with van der Waals surface area (Å²) in [5, 5.41) is 7.48. The third-order valence-electron chi connectivity index (χ3n) is 13.1. The summed E-state index contributed by atoms with van der Waals surface area (Å²) in [6.07, 6.45) is 0. The van der Waals surface area contributed by atoms with Crippen LogP contribution >= 0.6 is 0 Å². The highest BCUT2D eigenvalue weighted by Crippen LogP contribution is 2.57. The lowest BCUT2D eigenvalue weighted by Crippen LogP contribution is -2.28. The van der Waals surface area contributed by atoms with Gasteiger partial charge in [-0.3, -0.25) is 0 Å². The second-order valence-corrected chi connectivity index (χ2v) is 16.4. The van der Waals surface area contributed by atoms with Crippen LogP contribution in [0, 0.1) is 0 Å². The Kier molecular flexibility index (Phi) is 8.47. The largest absolute Gasteiger partial charge is 0.310 e. The predicted octanol–water partition coefficient (Wildman–Crippen LogP) is 16.3. The SMILES string of the molecule is c1ccc(C2(c3ccccc3)c3ccccc3-c3ccc(N(c4cccc(-c5cc6ccccc6c6ccccc56)c4)c4ccccc4-c4cccc5ccccc45)cc32)cc1. The van der Waals surface area contributed by atoms with Gasteiger partial charge < -0.3 is 4.90 Å². The van der Waals surface area contributed by atoms with Gasteiger partial charge in [-0.05, 0) is 119 Å². The number of nitrogens with zero attached hydrogens (tertiary/aromatic N) is 1. The monoisotopic (exact) mass is 787 g/mol. The molecular weight excluding hydrogens is 747 g/mol. The van der Waals surface area contributed by atoms with Crippen LogP contribution in [0.1, 0.15) is 22.3 Å². The second kappa shape index (κ2) is 14.6. The van der Waals surface area contributed by atoms with Crippen molar-refractivity contribution < 1.29 is 0 Å². The van der Waals surface area contributed by atoms with Crippen molar-refractivity contribution in [2.75, 3.05) is 4.90 Å². The molecule has 1 heteroatoms. The molecule has 0 fully saturated rings. The van der Waals surface area contributed by atoms with E-state index in [-0.39, 0.29) is 0 Å². The molecule has 0 heterocycles. The van der Waals surface area contributed by atoms with Crippen molar-refractivity contribution >= 4 is 49.4 Å². The third kappa shape index (κ3) is 5.56. The standard InChI is InChI=1S/C61H41N/c1-3-23-45(24-4-1)61(46-25-5-2-6-26-46)58-35-15-13-32-54(58)55-38-37-48(41-59(55)61)62(60-36-16-14-33-56(60)52-34-18-21-42-19-7-9-28-49(42)52)47-27-17-22-43(39-47)57-40-44-20-8-10-29-50(44)51-30-11-12-31-53(51)57/h1-41H. The van der Waals surface area contributed by atoms with E-state index in [9.17, 15) is 0 Å². The summed E-state index contributed by atoms with van der Waals surface area (Å²) >= 11 is 0. The smallest absolute Gasteiger partial charge is 0.0714 e. The highest BCUT2D eigenvalue weighted by atomic mass is 15.1. The Morgan fingerprint density at radius 1 is 0.274 bits per heavy atom. The first kappa shape index (κ1) is 35.9. The molecule has 290 valence electrons. The molecule has 1 aliphatic rings. The second-order valence-electron chi connectivity index (χ2n) is 16.4. The number of hydrogen-bond donors (Lipinski definition) is 0. The lowest BCUT2D eigenvalue weighted by atomic mass is 9.67. The van der Waals surface area contributed by atoms with Crippen LogP contribution in [0.5, 0.6) is 0 Å². The predicted molar refractivity (Wildman–Crippen MR) is 262 cm³/mol. The molecule has 1 aliphatic carbocycles. The minimum absolute atomic E-state index is 0.531. The zero-order valence-corrected chi connectivity index (χ0v) is 34.1. The van der Waals surface area contributed by atoms with E-state index in [1.165, 1.54) is 88.0 Å². The van der Waals surface area contributed by atoms with Crippen molar-refractivity contribution in [2.24, 2.45) is 0 Å². The lowest BCUT2D eigenvalue weighted by molar-refractivity contribution is 0.768. The van der Waals surface area contributed by atoms with Crippen LogP contribution in [0.2, 0.25) is 0 Å². The maximum Gasteiger partial charge on any atom is 0.0714 e. The summed E-state index contributed by atoms with van der Waals surface area (Å²) in [6.45, 7) is 0. The topological polar surface area (TPSA) is 3.24 Å². The van der Waals surface area contributed by atoms with E-state index in [0.29, 0.717) is 0 Å². The minimum atomic E-state index is -0.531. The molecule has 0 N–H and O–H groups in total. The number of para-hydroxylation sites is 1. The first-order valence-corrected chi connectivity index (χ1v) is 21.5. The molecular formula is C61H41N. The number of fused-ring (bicyclic) bond motifs is 7. The Balaban J connectivity index is 1.14. The highest BCUT2D eigenvalue weighted by molar-refractivity contribution is 6.14. The molecule has 11 aromatic carbocycles. The maximum absolute atomic E-state index is 2.49. The fraction of sp³-hybridized carbons (Fsp3) is 0.0164. The number of anilines is 3. The summed E-state index contributed by atoms with van der Waals surface area (Å²) in [7, 11) is 0. The maximum atomic E-state index is 2.49. The molecule has 12 rings (SSSR count). The van der Waals surface area contributed by atoms with Crippen LogP contribution in [-0.4, -0.2) is 0 Å². The summed E-state index contributed by atoms with van der Waals surface area (Å²) in [5.41, 5.74) is 15.2. The van der Waals surface area contributed by atoms with E-state index >= 15 is 0 Å². The van der Waals surface area contributed by atoms with E-state index < -0.39 is 5.41 Å². The van der Waals surface area contributed by atoms with E-state index in [1.807, 2.05) is 0 Å². The lowest BCUT2D eigenvalue weighted by Gasteiger charge is -2.35. The van der Waals surface area contributed by atoms with E-state index in [2.05, 4.69) is 254 Å². The average molecular weight is 788 g/mol. The first-order chi connectivity index (χ1) is 30.8. The molecule has 0 saturated carbocycles. The van der Waals surface area contributed by atoms with Gasteiger partial charge in [-0.2, -0.15) is 0 Å². The van der Waals surface area contributed by atoms with Gasteiger partial charge in [-0.25, -0.2) is 0 Å². The molecule has 11 aromatic rings. The molecule has 1 nitrogen and oxygen atoms in total. The van der Waals surface area contributed by atoms with Crippen LogP contribution in [0.4, 0.5) is 17.1 Å². The molecule has 0 aromatic heterocycles. The number of rotatable bonds is 7. The van der Waals surface area contributed by atoms with Gasteiger partial charge in [-0.1, -0.05) is 212 Å². The van der Waals surface area contributed by atoms with Crippen LogP contribution in [-0.2, 0) is 5.41 Å². The normalized spacial score (nSPS) is 12.6. The molecule has 0 atom stereocenters. The molecule has 0 unspecified atom stereocenters. The van der Waals surface area contributed by atoms with Gasteiger partial charge in [0.25, 0.3) is 0 Å². The third-order valence-corrected chi connectivity index (χ3v) is 13.1. The first-order valence-electron chi connectivity index (χ1n) is 21.5. The van der Waals surface area contributed by atoms with Gasteiger partial charge in [0.15, 0.2) is 0 Å². The van der Waals surface area contributed by atoms with Crippen molar-refractivity contribution in [3.05, 3.63) is 271 Å². The fourth-order valence-electron chi connectivity index (χ4n) is 10.5. The van der Waals surface area contributed by atoms with Crippen molar-refractivity contribution in [3.8, 4) is 33.4 Å². The molecule has 0 radical (unpaired) electrons. The summed E-state index contributed by atoms with van der Waals surface area (Å²) in [5.74, 6) is 0. The minimum Gasteiger partial charge on any atom is -0.310 e. The molecule has 0 bridgehead atoms. The Morgan fingerprint density at radius 2 is 0.823 bits per heavy atom. The zero-order chi connectivity index (χ0) is 41.0. The van der Waals surface area contributed by atoms with Gasteiger partial charge in [0.2, 0.25) is 0 Å². The highest BCUT2D eigenvalue weighted by Gasteiger charge is 2.46. The molecule has 0 aliphatic heterocycles. The van der Waals surface area contributed by atoms with Crippen molar-refractivity contribution in [3.63, 3.8) is 0 Å². The quantitative estimate of drug-likeness (QED) is 0.145. The number of benzene rings is 11. The zero-order valence-electron chi connectivity index (χ0n) is 34.1. The van der Waals surface area contributed by atoms with Gasteiger partial charge in [0, 0.05) is 16.9 Å².